The van der Waals surface area contributed by atoms with Crippen LogP contribution in [0.2, 0.25) is 0 Å². The molecular weight excluding hydrogens is 228 g/mol. The molecular formula is C14H22N2O2. The van der Waals surface area contributed by atoms with Crippen LogP contribution >= 0.6 is 0 Å². The molecule has 1 aromatic heterocycles. The zero-order valence-electron chi connectivity index (χ0n) is 11.7. The number of carboxylic acid groups (broad SMARTS) is 1. The number of nitrogens with one attached hydrogen (secondary N) is 1. The van der Waals surface area contributed by atoms with Crippen molar-refractivity contribution in [2.75, 3.05) is 5.32 Å². The molecule has 2 N–H and O–H groups in total. The quantitative estimate of drug-likeness (QED) is 0.859. The van der Waals surface area contributed by atoms with Gasteiger partial charge in [-0.25, -0.2) is 9.78 Å². The number of carboxylic acids is 1. The van der Waals surface area contributed by atoms with Gasteiger partial charge in [-0.1, -0.05) is 20.8 Å². The normalized spacial score (nSPS) is 12.3. The summed E-state index contributed by atoms with van der Waals surface area (Å²) in [5, 5.41) is 12.3. The minimum Gasteiger partial charge on any atom is -0.478 e. The van der Waals surface area contributed by atoms with Crippen LogP contribution in [0, 0.1) is 5.41 Å². The third-order valence-corrected chi connectivity index (χ3v) is 2.47. The van der Waals surface area contributed by atoms with E-state index in [1.165, 1.54) is 0 Å². The Balaban J connectivity index is 2.94. The highest BCUT2D eigenvalue weighted by Gasteiger charge is 2.27. The Morgan fingerprint density at radius 3 is 2.44 bits per heavy atom. The predicted molar refractivity (Wildman–Crippen MR) is 73.0 cm³/mol. The Labute approximate surface area is 108 Å². The molecule has 0 aliphatic carbocycles. The smallest absolute Gasteiger partial charge is 0.339 e. The molecule has 100 valence electrons. The van der Waals surface area contributed by atoms with Crippen molar-refractivity contribution in [1.82, 2.24) is 4.98 Å². The van der Waals surface area contributed by atoms with Crippen LogP contribution in [0.3, 0.4) is 0 Å². The summed E-state index contributed by atoms with van der Waals surface area (Å²) < 4.78 is 0. The molecule has 0 saturated heterocycles. The number of hydrogen-bond donors (Lipinski definition) is 2. The van der Waals surface area contributed by atoms with Crippen LogP contribution in [-0.2, 0) is 0 Å². The van der Waals surface area contributed by atoms with Gasteiger partial charge in [-0.15, -0.1) is 0 Å². The molecule has 1 aromatic rings. The van der Waals surface area contributed by atoms with Gasteiger partial charge < -0.3 is 10.4 Å². The summed E-state index contributed by atoms with van der Waals surface area (Å²) in [6, 6.07) is 3.19. The van der Waals surface area contributed by atoms with Gasteiger partial charge in [-0.05, 0) is 37.8 Å². The van der Waals surface area contributed by atoms with Gasteiger partial charge in [0, 0.05) is 11.7 Å². The molecule has 0 radical (unpaired) electrons. The zero-order chi connectivity index (χ0) is 14.0. The monoisotopic (exact) mass is 250 g/mol. The molecule has 0 spiro atoms. The fourth-order valence-electron chi connectivity index (χ4n) is 2.37. The van der Waals surface area contributed by atoms with E-state index in [0.717, 1.165) is 6.42 Å². The van der Waals surface area contributed by atoms with Crippen molar-refractivity contribution in [2.24, 2.45) is 5.41 Å². The number of aromatic carboxylic acids is 1. The Morgan fingerprint density at radius 1 is 1.33 bits per heavy atom. The predicted octanol–water partition coefficient (Wildman–Crippen LogP) is 3.41. The molecule has 4 nitrogen and oxygen atoms in total. The van der Waals surface area contributed by atoms with E-state index in [2.05, 4.69) is 44.9 Å². The van der Waals surface area contributed by atoms with Gasteiger partial charge in [0.05, 0.1) is 0 Å². The first-order valence-electron chi connectivity index (χ1n) is 6.07. The molecule has 0 aliphatic heterocycles. The first-order valence-corrected chi connectivity index (χ1v) is 6.07. The van der Waals surface area contributed by atoms with Crippen LogP contribution in [0.25, 0.3) is 0 Å². The molecule has 0 saturated carbocycles. The lowest BCUT2D eigenvalue weighted by atomic mass is 9.82. The second-order valence-corrected chi connectivity index (χ2v) is 6.45. The number of aromatic nitrogens is 1. The Hall–Kier alpha value is -1.58. The summed E-state index contributed by atoms with van der Waals surface area (Å²) in [6.45, 7) is 10.6. The summed E-state index contributed by atoms with van der Waals surface area (Å²) in [5.74, 6) is -0.531. The highest BCUT2D eigenvalue weighted by Crippen LogP contribution is 2.29. The lowest BCUT2D eigenvalue weighted by Gasteiger charge is -2.34. The van der Waals surface area contributed by atoms with Gasteiger partial charge in [-0.2, -0.15) is 0 Å². The molecule has 18 heavy (non-hydrogen) atoms. The molecule has 0 amide bonds. The number of anilines is 1. The average Bonchev–Trinajstić information content (AvgIpc) is 2.13. The minimum atomic E-state index is -0.961. The average molecular weight is 250 g/mol. The molecule has 0 unspecified atom stereocenters. The van der Waals surface area contributed by atoms with Crippen molar-refractivity contribution in [2.45, 2.75) is 46.6 Å². The summed E-state index contributed by atoms with van der Waals surface area (Å²) >= 11 is 0. The first kappa shape index (κ1) is 14.5. The van der Waals surface area contributed by atoms with E-state index in [1.54, 1.807) is 18.3 Å². The van der Waals surface area contributed by atoms with Crippen molar-refractivity contribution >= 4 is 11.8 Å². The molecule has 4 heteroatoms. The third kappa shape index (κ3) is 4.35. The van der Waals surface area contributed by atoms with Crippen LogP contribution in [0.1, 0.15) is 51.4 Å². The van der Waals surface area contributed by atoms with Gasteiger partial charge in [0.15, 0.2) is 0 Å². The number of nitrogens with zero attached hydrogens (tertiary/aromatic N) is 1. The number of pyridine rings is 1. The molecule has 1 rings (SSSR count). The Kier molecular flexibility index (Phi) is 3.99. The van der Waals surface area contributed by atoms with Gasteiger partial charge in [0.2, 0.25) is 0 Å². The largest absolute Gasteiger partial charge is 0.478 e. The lowest BCUT2D eigenvalue weighted by molar-refractivity contribution is 0.0697. The van der Waals surface area contributed by atoms with Gasteiger partial charge >= 0.3 is 5.97 Å². The number of rotatable bonds is 4. The zero-order valence-corrected chi connectivity index (χ0v) is 11.7. The van der Waals surface area contributed by atoms with Gasteiger partial charge in [0.25, 0.3) is 0 Å². The maximum absolute atomic E-state index is 11.1. The fourth-order valence-corrected chi connectivity index (χ4v) is 2.37. The van der Waals surface area contributed by atoms with Crippen LogP contribution in [-0.4, -0.2) is 21.6 Å². The van der Waals surface area contributed by atoms with Crippen LogP contribution in [0.4, 0.5) is 5.82 Å². The van der Waals surface area contributed by atoms with Crippen LogP contribution < -0.4 is 5.32 Å². The van der Waals surface area contributed by atoms with Crippen molar-refractivity contribution < 1.29 is 9.90 Å². The summed E-state index contributed by atoms with van der Waals surface area (Å²) in [5.41, 5.74) is 0.158. The highest BCUT2D eigenvalue weighted by atomic mass is 16.4. The Morgan fingerprint density at radius 2 is 1.94 bits per heavy atom. The molecule has 0 atom stereocenters. The topological polar surface area (TPSA) is 62.2 Å². The SMILES string of the molecule is CC(C)(C)CC(C)(C)Nc1ncccc1C(=O)O. The summed E-state index contributed by atoms with van der Waals surface area (Å²) in [7, 11) is 0. The molecule has 1 heterocycles. The first-order chi connectivity index (χ1) is 8.11. The van der Waals surface area contributed by atoms with Crippen LogP contribution in [0.5, 0.6) is 0 Å². The maximum Gasteiger partial charge on any atom is 0.339 e. The van der Waals surface area contributed by atoms with E-state index < -0.39 is 5.97 Å². The maximum atomic E-state index is 11.1. The fraction of sp³-hybridized carbons (Fsp3) is 0.571. The highest BCUT2D eigenvalue weighted by molar-refractivity contribution is 5.93. The Bertz CT molecular complexity index is 434. The minimum absolute atomic E-state index is 0.161. The number of hydrogen-bond acceptors (Lipinski definition) is 3. The van der Waals surface area contributed by atoms with E-state index in [9.17, 15) is 4.79 Å². The molecule has 0 aliphatic rings. The molecule has 0 bridgehead atoms. The van der Waals surface area contributed by atoms with Crippen molar-refractivity contribution in [3.8, 4) is 0 Å². The van der Waals surface area contributed by atoms with Gasteiger partial charge in [-0.3, -0.25) is 0 Å². The van der Waals surface area contributed by atoms with E-state index >= 15 is 0 Å². The van der Waals surface area contributed by atoms with Gasteiger partial charge in [0.1, 0.15) is 11.4 Å². The molecule has 0 fully saturated rings. The second-order valence-electron chi connectivity index (χ2n) is 6.45. The van der Waals surface area contributed by atoms with E-state index in [0.29, 0.717) is 5.82 Å². The van der Waals surface area contributed by atoms with Crippen molar-refractivity contribution in [1.29, 1.82) is 0 Å². The number of carbonyl (C=O) groups is 1. The van der Waals surface area contributed by atoms with E-state index in [4.69, 9.17) is 5.11 Å². The van der Waals surface area contributed by atoms with E-state index in [-0.39, 0.29) is 16.5 Å². The standard InChI is InChI=1S/C14H22N2O2/c1-13(2,3)9-14(4,5)16-11-10(12(17)18)7-6-8-15-11/h6-8H,9H2,1-5H3,(H,15,16)(H,17,18). The third-order valence-electron chi connectivity index (χ3n) is 2.47. The lowest BCUT2D eigenvalue weighted by Crippen LogP contribution is -2.36. The van der Waals surface area contributed by atoms with E-state index in [1.807, 2.05) is 0 Å². The summed E-state index contributed by atoms with van der Waals surface area (Å²) in [6.07, 6.45) is 2.51. The van der Waals surface area contributed by atoms with Crippen LogP contribution in [0.15, 0.2) is 18.3 Å². The molecule has 0 aromatic carbocycles. The summed E-state index contributed by atoms with van der Waals surface area (Å²) in [4.78, 5) is 15.2. The van der Waals surface area contributed by atoms with Crippen molar-refractivity contribution in [3.05, 3.63) is 23.9 Å². The second kappa shape index (κ2) is 4.96. The van der Waals surface area contributed by atoms with Crippen molar-refractivity contribution in [3.63, 3.8) is 0 Å².